The van der Waals surface area contributed by atoms with E-state index in [1.807, 2.05) is 38.1 Å². The van der Waals surface area contributed by atoms with E-state index in [4.69, 9.17) is 9.84 Å². The first-order valence-electron chi connectivity index (χ1n) is 5.58. The van der Waals surface area contributed by atoms with Crippen LogP contribution in [0.4, 0.5) is 0 Å². The number of carboxylic acids is 1. The van der Waals surface area contributed by atoms with E-state index >= 15 is 0 Å². The number of hydrogen-bond acceptors (Lipinski definition) is 2. The normalized spacial score (nSPS) is 12.1. The molecule has 0 fully saturated rings. The average Bonchev–Trinajstić information content (AvgIpc) is 2.25. The number of rotatable bonds is 6. The Balaban J connectivity index is 2.80. The third-order valence-corrected chi connectivity index (χ3v) is 2.39. The summed E-state index contributed by atoms with van der Waals surface area (Å²) in [7, 11) is 0. The van der Waals surface area contributed by atoms with Gasteiger partial charge in [-0.15, -0.1) is 0 Å². The zero-order valence-corrected chi connectivity index (χ0v) is 9.77. The molecule has 16 heavy (non-hydrogen) atoms. The molecule has 88 valence electrons. The summed E-state index contributed by atoms with van der Waals surface area (Å²) in [5, 5.41) is 8.77. The Morgan fingerprint density at radius 3 is 2.75 bits per heavy atom. The molecule has 1 aromatic rings. The number of hydrogen-bond donors (Lipinski definition) is 1. The second kappa shape index (κ2) is 6.16. The van der Waals surface area contributed by atoms with Gasteiger partial charge in [-0.1, -0.05) is 32.0 Å². The Morgan fingerprint density at radius 2 is 2.12 bits per heavy atom. The third kappa shape index (κ3) is 3.57. The minimum absolute atomic E-state index is 0.0226. The molecule has 1 N–H and O–H groups in total. The van der Waals surface area contributed by atoms with E-state index in [1.54, 1.807) is 0 Å². The van der Waals surface area contributed by atoms with E-state index in [0.29, 0.717) is 6.61 Å². The van der Waals surface area contributed by atoms with Crippen molar-refractivity contribution in [2.24, 2.45) is 0 Å². The molecule has 0 saturated heterocycles. The number of carboxylic acid groups (broad SMARTS) is 1. The molecule has 3 heteroatoms. The second-order valence-corrected chi connectivity index (χ2v) is 3.89. The highest BCUT2D eigenvalue weighted by Crippen LogP contribution is 2.28. The zero-order valence-electron chi connectivity index (χ0n) is 9.77. The molecule has 0 aromatic heterocycles. The van der Waals surface area contributed by atoms with Crippen LogP contribution in [-0.4, -0.2) is 17.7 Å². The van der Waals surface area contributed by atoms with Gasteiger partial charge >= 0.3 is 5.97 Å². The van der Waals surface area contributed by atoms with Crippen molar-refractivity contribution in [2.45, 2.75) is 32.6 Å². The van der Waals surface area contributed by atoms with Gasteiger partial charge in [-0.05, 0) is 24.0 Å². The minimum Gasteiger partial charge on any atom is -0.493 e. The van der Waals surface area contributed by atoms with E-state index in [2.05, 4.69) is 0 Å². The molecule has 0 spiro atoms. The molecule has 0 heterocycles. The molecule has 0 aliphatic rings. The van der Waals surface area contributed by atoms with Gasteiger partial charge in [0.2, 0.25) is 0 Å². The maximum absolute atomic E-state index is 10.7. The Kier molecular flexibility index (Phi) is 4.83. The van der Waals surface area contributed by atoms with Crippen LogP contribution in [0.2, 0.25) is 0 Å². The van der Waals surface area contributed by atoms with Crippen LogP contribution in [0.1, 0.15) is 38.2 Å². The number of benzene rings is 1. The number of aliphatic carboxylic acids is 1. The summed E-state index contributed by atoms with van der Waals surface area (Å²) in [6, 6.07) is 7.64. The molecule has 0 radical (unpaired) electrons. The topological polar surface area (TPSA) is 46.5 Å². The Bertz CT molecular complexity index is 347. The molecule has 1 atom stereocenters. The van der Waals surface area contributed by atoms with Gasteiger partial charge in [-0.3, -0.25) is 4.79 Å². The predicted octanol–water partition coefficient (Wildman–Crippen LogP) is 3.05. The van der Waals surface area contributed by atoms with Crippen molar-refractivity contribution in [2.75, 3.05) is 6.61 Å². The Labute approximate surface area is 96.1 Å². The Hall–Kier alpha value is -1.51. The highest BCUT2D eigenvalue weighted by Gasteiger charge is 2.14. The molecular formula is C13H18O3. The van der Waals surface area contributed by atoms with Gasteiger partial charge in [0.15, 0.2) is 0 Å². The lowest BCUT2D eigenvalue weighted by Crippen LogP contribution is -2.06. The van der Waals surface area contributed by atoms with E-state index in [1.165, 1.54) is 0 Å². The van der Waals surface area contributed by atoms with Crippen LogP contribution in [0.3, 0.4) is 0 Å². The maximum Gasteiger partial charge on any atom is 0.303 e. The van der Waals surface area contributed by atoms with Crippen LogP contribution >= 0.6 is 0 Å². The van der Waals surface area contributed by atoms with Crippen molar-refractivity contribution in [1.29, 1.82) is 0 Å². The molecule has 3 nitrogen and oxygen atoms in total. The minimum atomic E-state index is -0.780. The summed E-state index contributed by atoms with van der Waals surface area (Å²) >= 11 is 0. The molecule has 0 aliphatic heterocycles. The highest BCUT2D eigenvalue weighted by atomic mass is 16.5. The lowest BCUT2D eigenvalue weighted by Gasteiger charge is -2.15. The van der Waals surface area contributed by atoms with Crippen LogP contribution in [0, 0.1) is 0 Å². The van der Waals surface area contributed by atoms with E-state index in [0.717, 1.165) is 17.7 Å². The van der Waals surface area contributed by atoms with Crippen LogP contribution in [0.5, 0.6) is 5.75 Å². The van der Waals surface area contributed by atoms with Crippen molar-refractivity contribution >= 4 is 5.97 Å². The monoisotopic (exact) mass is 222 g/mol. The van der Waals surface area contributed by atoms with Crippen LogP contribution in [0.25, 0.3) is 0 Å². The molecule has 0 saturated carbocycles. The fourth-order valence-corrected chi connectivity index (χ4v) is 1.60. The Morgan fingerprint density at radius 1 is 1.44 bits per heavy atom. The smallest absolute Gasteiger partial charge is 0.303 e. The van der Waals surface area contributed by atoms with Gasteiger partial charge in [-0.25, -0.2) is 0 Å². The van der Waals surface area contributed by atoms with Crippen molar-refractivity contribution in [1.82, 2.24) is 0 Å². The molecule has 1 rings (SSSR count). The predicted molar refractivity (Wildman–Crippen MR) is 62.9 cm³/mol. The first-order chi connectivity index (χ1) is 7.65. The van der Waals surface area contributed by atoms with Crippen LogP contribution in [0.15, 0.2) is 24.3 Å². The SMILES string of the molecule is CCCOc1ccccc1C(C)CC(=O)O. The first-order valence-corrected chi connectivity index (χ1v) is 5.58. The zero-order chi connectivity index (χ0) is 12.0. The number of carbonyl (C=O) groups is 1. The van der Waals surface area contributed by atoms with Gasteiger partial charge in [-0.2, -0.15) is 0 Å². The molecule has 0 aliphatic carbocycles. The quantitative estimate of drug-likeness (QED) is 0.804. The van der Waals surface area contributed by atoms with Crippen molar-refractivity contribution in [3.05, 3.63) is 29.8 Å². The molecule has 1 unspecified atom stereocenters. The molecule has 1 aromatic carbocycles. The van der Waals surface area contributed by atoms with Gasteiger partial charge in [0.25, 0.3) is 0 Å². The summed E-state index contributed by atoms with van der Waals surface area (Å²) in [5.74, 6) is 0.00134. The van der Waals surface area contributed by atoms with Crippen molar-refractivity contribution in [3.8, 4) is 5.75 Å². The fourth-order valence-electron chi connectivity index (χ4n) is 1.60. The number of para-hydroxylation sites is 1. The molecular weight excluding hydrogens is 204 g/mol. The van der Waals surface area contributed by atoms with Gasteiger partial charge in [0.05, 0.1) is 13.0 Å². The summed E-state index contributed by atoms with van der Waals surface area (Å²) < 4.78 is 5.60. The van der Waals surface area contributed by atoms with Gasteiger partial charge in [0.1, 0.15) is 5.75 Å². The van der Waals surface area contributed by atoms with Crippen LogP contribution in [-0.2, 0) is 4.79 Å². The largest absolute Gasteiger partial charge is 0.493 e. The summed E-state index contributed by atoms with van der Waals surface area (Å²) in [6.07, 6.45) is 1.08. The van der Waals surface area contributed by atoms with E-state index in [9.17, 15) is 4.79 Å². The fraction of sp³-hybridized carbons (Fsp3) is 0.462. The van der Waals surface area contributed by atoms with Crippen molar-refractivity contribution in [3.63, 3.8) is 0 Å². The second-order valence-electron chi connectivity index (χ2n) is 3.89. The summed E-state index contributed by atoms with van der Waals surface area (Å²) in [6.45, 7) is 4.61. The van der Waals surface area contributed by atoms with Crippen molar-refractivity contribution < 1.29 is 14.6 Å². The van der Waals surface area contributed by atoms with Gasteiger partial charge < -0.3 is 9.84 Å². The first kappa shape index (κ1) is 12.6. The lowest BCUT2D eigenvalue weighted by atomic mass is 9.97. The standard InChI is InChI=1S/C13H18O3/c1-3-8-16-12-7-5-4-6-11(12)10(2)9-13(14)15/h4-7,10H,3,8-9H2,1-2H3,(H,14,15). The average molecular weight is 222 g/mol. The highest BCUT2D eigenvalue weighted by molar-refractivity contribution is 5.68. The molecule has 0 amide bonds. The van der Waals surface area contributed by atoms with Gasteiger partial charge in [0, 0.05) is 0 Å². The summed E-state index contributed by atoms with van der Waals surface area (Å²) in [4.78, 5) is 10.7. The maximum atomic E-state index is 10.7. The lowest BCUT2D eigenvalue weighted by molar-refractivity contribution is -0.137. The van der Waals surface area contributed by atoms with Crippen LogP contribution < -0.4 is 4.74 Å². The summed E-state index contributed by atoms with van der Waals surface area (Å²) in [5.41, 5.74) is 0.971. The molecule has 0 bridgehead atoms. The van der Waals surface area contributed by atoms with E-state index < -0.39 is 5.97 Å². The van der Waals surface area contributed by atoms with E-state index in [-0.39, 0.29) is 12.3 Å². The third-order valence-electron chi connectivity index (χ3n) is 2.39. The number of ether oxygens (including phenoxy) is 1.